The Bertz CT molecular complexity index is 1060. The van der Waals surface area contributed by atoms with Crippen molar-refractivity contribution in [1.82, 2.24) is 5.43 Å². The van der Waals surface area contributed by atoms with Gasteiger partial charge in [-0.2, -0.15) is 5.10 Å². The topological polar surface area (TPSA) is 50.7 Å². The summed E-state index contributed by atoms with van der Waals surface area (Å²) in [4.78, 5) is 12.5. The van der Waals surface area contributed by atoms with Crippen LogP contribution >= 0.6 is 0 Å². The summed E-state index contributed by atoms with van der Waals surface area (Å²) < 4.78 is 5.14. The number of hydrazone groups is 1. The standard InChI is InChI=1S/C26H24N2O2/c1-30-25-14-12-21(13-15-25)26(29)28-27-24-17-22(19-8-4-2-5-9-19)16-23(18-24)20-10-6-3-7-11-20/h2-15,17,23H,16,18H2,1H3,(H,28,29)/b27-24-/t23-/m1/s1. The highest BCUT2D eigenvalue weighted by Gasteiger charge is 2.22. The second-order valence-electron chi connectivity index (χ2n) is 7.32. The maximum Gasteiger partial charge on any atom is 0.271 e. The Kier molecular flexibility index (Phi) is 6.04. The number of benzene rings is 3. The molecule has 0 aromatic heterocycles. The molecule has 0 aliphatic heterocycles. The Hall–Kier alpha value is -3.66. The number of nitrogens with one attached hydrogen (secondary N) is 1. The quantitative estimate of drug-likeness (QED) is 0.584. The zero-order valence-corrected chi connectivity index (χ0v) is 16.9. The minimum absolute atomic E-state index is 0.235. The van der Waals surface area contributed by atoms with E-state index in [-0.39, 0.29) is 5.91 Å². The van der Waals surface area contributed by atoms with Gasteiger partial charge in [0.2, 0.25) is 0 Å². The minimum Gasteiger partial charge on any atom is -0.497 e. The molecule has 4 rings (SSSR count). The Morgan fingerprint density at radius 3 is 2.23 bits per heavy atom. The summed E-state index contributed by atoms with van der Waals surface area (Å²) in [6, 6.07) is 27.8. The molecule has 1 atom stereocenters. The third-order valence-electron chi connectivity index (χ3n) is 5.33. The molecule has 4 nitrogen and oxygen atoms in total. The van der Waals surface area contributed by atoms with E-state index in [1.807, 2.05) is 24.3 Å². The van der Waals surface area contributed by atoms with Crippen molar-refractivity contribution in [3.8, 4) is 5.75 Å². The number of rotatable bonds is 5. The van der Waals surface area contributed by atoms with Gasteiger partial charge in [0.25, 0.3) is 5.91 Å². The lowest BCUT2D eigenvalue weighted by Crippen LogP contribution is -2.21. The molecule has 0 saturated heterocycles. The van der Waals surface area contributed by atoms with E-state index in [4.69, 9.17) is 4.74 Å². The third-order valence-corrected chi connectivity index (χ3v) is 5.33. The summed E-state index contributed by atoms with van der Waals surface area (Å²) in [5.41, 5.74) is 7.83. The molecule has 30 heavy (non-hydrogen) atoms. The van der Waals surface area contributed by atoms with E-state index in [9.17, 15) is 4.79 Å². The van der Waals surface area contributed by atoms with E-state index in [0.29, 0.717) is 17.2 Å². The molecule has 0 heterocycles. The minimum atomic E-state index is -0.235. The van der Waals surface area contributed by atoms with Gasteiger partial charge in [0.1, 0.15) is 5.75 Å². The lowest BCUT2D eigenvalue weighted by atomic mass is 9.81. The van der Waals surface area contributed by atoms with Crippen LogP contribution in [0.4, 0.5) is 0 Å². The number of allylic oxidation sites excluding steroid dienone is 2. The first-order valence-electron chi connectivity index (χ1n) is 10.0. The Labute approximate surface area is 176 Å². The van der Waals surface area contributed by atoms with Gasteiger partial charge in [-0.1, -0.05) is 60.7 Å². The molecule has 0 unspecified atom stereocenters. The molecule has 0 radical (unpaired) electrons. The van der Waals surface area contributed by atoms with Crippen LogP contribution < -0.4 is 10.2 Å². The number of carbonyl (C=O) groups is 1. The molecule has 3 aromatic rings. The van der Waals surface area contributed by atoms with Crippen LogP contribution in [0.2, 0.25) is 0 Å². The number of hydrogen-bond donors (Lipinski definition) is 1. The highest BCUT2D eigenvalue weighted by atomic mass is 16.5. The maximum absolute atomic E-state index is 12.5. The Morgan fingerprint density at radius 1 is 0.900 bits per heavy atom. The molecular weight excluding hydrogens is 372 g/mol. The molecule has 1 aliphatic rings. The van der Waals surface area contributed by atoms with Gasteiger partial charge in [-0.15, -0.1) is 0 Å². The van der Waals surface area contributed by atoms with Gasteiger partial charge in [0, 0.05) is 5.56 Å². The smallest absolute Gasteiger partial charge is 0.271 e. The molecule has 4 heteroatoms. The monoisotopic (exact) mass is 396 g/mol. The lowest BCUT2D eigenvalue weighted by Gasteiger charge is -2.24. The molecule has 0 fully saturated rings. The molecule has 150 valence electrons. The fourth-order valence-electron chi connectivity index (χ4n) is 3.73. The summed E-state index contributed by atoms with van der Waals surface area (Å²) >= 11 is 0. The first-order valence-corrected chi connectivity index (χ1v) is 10.0. The van der Waals surface area contributed by atoms with Crippen LogP contribution in [-0.4, -0.2) is 18.7 Å². The van der Waals surface area contributed by atoms with Gasteiger partial charge in [0.05, 0.1) is 12.8 Å². The van der Waals surface area contributed by atoms with Crippen LogP contribution in [-0.2, 0) is 0 Å². The molecule has 0 spiro atoms. The van der Waals surface area contributed by atoms with E-state index < -0.39 is 0 Å². The van der Waals surface area contributed by atoms with Crippen molar-refractivity contribution in [2.24, 2.45) is 5.10 Å². The van der Waals surface area contributed by atoms with Crippen molar-refractivity contribution in [3.05, 3.63) is 108 Å². The van der Waals surface area contributed by atoms with Crippen LogP contribution in [0.1, 0.15) is 40.2 Å². The second-order valence-corrected chi connectivity index (χ2v) is 7.32. The summed E-state index contributed by atoms with van der Waals surface area (Å²) in [5.74, 6) is 0.802. The highest BCUT2D eigenvalue weighted by Crippen LogP contribution is 2.36. The molecule has 1 aliphatic carbocycles. The third kappa shape index (κ3) is 4.66. The first kappa shape index (κ1) is 19.6. The molecule has 1 N–H and O–H groups in total. The zero-order valence-electron chi connectivity index (χ0n) is 16.9. The van der Waals surface area contributed by atoms with E-state index >= 15 is 0 Å². The summed E-state index contributed by atoms with van der Waals surface area (Å²) in [7, 11) is 1.60. The number of ether oxygens (including phenoxy) is 1. The number of methoxy groups -OCH3 is 1. The summed E-state index contributed by atoms with van der Waals surface area (Å²) in [5, 5.41) is 4.46. The van der Waals surface area contributed by atoms with E-state index in [2.05, 4.69) is 53.0 Å². The number of carbonyl (C=O) groups excluding carboxylic acids is 1. The number of hydrogen-bond acceptors (Lipinski definition) is 3. The summed E-state index contributed by atoms with van der Waals surface area (Å²) in [6.45, 7) is 0. The molecule has 0 bridgehead atoms. The van der Waals surface area contributed by atoms with E-state index in [1.165, 1.54) is 16.7 Å². The number of amides is 1. The van der Waals surface area contributed by atoms with Crippen molar-refractivity contribution in [1.29, 1.82) is 0 Å². The molecule has 0 saturated carbocycles. The van der Waals surface area contributed by atoms with E-state index in [1.54, 1.807) is 31.4 Å². The van der Waals surface area contributed by atoms with Gasteiger partial charge in [-0.05, 0) is 65.8 Å². The zero-order chi connectivity index (χ0) is 20.8. The SMILES string of the molecule is COc1ccc(C(=O)N/N=C2/C=C(c3ccccc3)C[C@@H](c3ccccc3)C2)cc1. The van der Waals surface area contributed by atoms with Crippen molar-refractivity contribution in [2.75, 3.05) is 7.11 Å². The van der Waals surface area contributed by atoms with Gasteiger partial charge in [0.15, 0.2) is 0 Å². The normalized spacial score (nSPS) is 17.3. The van der Waals surface area contributed by atoms with Crippen molar-refractivity contribution in [2.45, 2.75) is 18.8 Å². The van der Waals surface area contributed by atoms with Crippen molar-refractivity contribution in [3.63, 3.8) is 0 Å². The van der Waals surface area contributed by atoms with Crippen LogP contribution in [0.15, 0.2) is 96.1 Å². The Morgan fingerprint density at radius 2 is 1.57 bits per heavy atom. The summed E-state index contributed by atoms with van der Waals surface area (Å²) in [6.07, 6.45) is 3.83. The maximum atomic E-state index is 12.5. The predicted molar refractivity (Wildman–Crippen MR) is 121 cm³/mol. The van der Waals surface area contributed by atoms with Crippen molar-refractivity contribution >= 4 is 17.2 Å². The average molecular weight is 396 g/mol. The van der Waals surface area contributed by atoms with Gasteiger partial charge < -0.3 is 4.74 Å². The molecule has 3 aromatic carbocycles. The van der Waals surface area contributed by atoms with Crippen LogP contribution in [0.5, 0.6) is 5.75 Å². The highest BCUT2D eigenvalue weighted by molar-refractivity contribution is 6.04. The molecule has 1 amide bonds. The van der Waals surface area contributed by atoms with Crippen LogP contribution in [0.25, 0.3) is 5.57 Å². The van der Waals surface area contributed by atoms with E-state index in [0.717, 1.165) is 18.6 Å². The van der Waals surface area contributed by atoms with Gasteiger partial charge in [-0.25, -0.2) is 5.43 Å². The lowest BCUT2D eigenvalue weighted by molar-refractivity contribution is 0.0954. The largest absolute Gasteiger partial charge is 0.497 e. The fourth-order valence-corrected chi connectivity index (χ4v) is 3.73. The molecular formula is C26H24N2O2. The first-order chi connectivity index (χ1) is 14.7. The average Bonchev–Trinajstić information content (AvgIpc) is 2.83. The fraction of sp³-hybridized carbons (Fsp3) is 0.154. The van der Waals surface area contributed by atoms with Gasteiger partial charge >= 0.3 is 0 Å². The van der Waals surface area contributed by atoms with Crippen LogP contribution in [0.3, 0.4) is 0 Å². The number of nitrogens with zero attached hydrogens (tertiary/aromatic N) is 1. The van der Waals surface area contributed by atoms with Gasteiger partial charge in [-0.3, -0.25) is 4.79 Å². The predicted octanol–water partition coefficient (Wildman–Crippen LogP) is 5.44. The van der Waals surface area contributed by atoms with Crippen molar-refractivity contribution < 1.29 is 9.53 Å². The van der Waals surface area contributed by atoms with Crippen LogP contribution in [0, 0.1) is 0 Å². The Balaban J connectivity index is 1.58. The second kappa shape index (κ2) is 9.23.